The molecule has 1 saturated heterocycles. The van der Waals surface area contributed by atoms with Crippen molar-refractivity contribution in [2.45, 2.75) is 51.8 Å². The van der Waals surface area contributed by atoms with Crippen molar-refractivity contribution < 1.29 is 9.53 Å². The van der Waals surface area contributed by atoms with Crippen molar-refractivity contribution in [2.24, 2.45) is 0 Å². The summed E-state index contributed by atoms with van der Waals surface area (Å²) in [5, 5.41) is 4.19. The predicted octanol–water partition coefficient (Wildman–Crippen LogP) is 2.28. The van der Waals surface area contributed by atoms with E-state index in [1.54, 1.807) is 6.20 Å². The summed E-state index contributed by atoms with van der Waals surface area (Å²) < 4.78 is 7.30. The van der Waals surface area contributed by atoms with Crippen LogP contribution in [0.25, 0.3) is 0 Å². The zero-order valence-electron chi connectivity index (χ0n) is 11.3. The molecule has 0 bridgehead atoms. The van der Waals surface area contributed by atoms with Crippen molar-refractivity contribution in [3.8, 4) is 0 Å². The van der Waals surface area contributed by atoms with Crippen LogP contribution in [0.2, 0.25) is 0 Å². The molecule has 0 unspecified atom stereocenters. The van der Waals surface area contributed by atoms with Crippen molar-refractivity contribution in [1.29, 1.82) is 0 Å². The summed E-state index contributed by atoms with van der Waals surface area (Å²) in [4.78, 5) is 13.9. The standard InChI is InChI=1S/C13H21N3O2/c1-13(2,3)18-12(17)16-9-4-6-11(16)10-15-8-5-7-14-15/h5,7-8,11H,4,6,9-10H2,1-3H3/t11-/m1/s1. The van der Waals surface area contributed by atoms with Gasteiger partial charge >= 0.3 is 6.09 Å². The molecule has 1 aromatic rings. The molecular weight excluding hydrogens is 230 g/mol. The van der Waals surface area contributed by atoms with Crippen LogP contribution in [-0.4, -0.2) is 39.0 Å². The van der Waals surface area contributed by atoms with Crippen LogP contribution in [0.3, 0.4) is 0 Å². The zero-order valence-corrected chi connectivity index (χ0v) is 11.3. The van der Waals surface area contributed by atoms with Crippen LogP contribution in [0.4, 0.5) is 4.79 Å². The van der Waals surface area contributed by atoms with Crippen LogP contribution < -0.4 is 0 Å². The second-order valence-corrected chi connectivity index (χ2v) is 5.70. The van der Waals surface area contributed by atoms with Crippen LogP contribution in [0, 0.1) is 0 Å². The molecule has 0 N–H and O–H groups in total. The molecule has 0 aliphatic carbocycles. The minimum atomic E-state index is -0.435. The van der Waals surface area contributed by atoms with Gasteiger partial charge in [-0.1, -0.05) is 0 Å². The van der Waals surface area contributed by atoms with Crippen LogP contribution in [-0.2, 0) is 11.3 Å². The van der Waals surface area contributed by atoms with E-state index >= 15 is 0 Å². The average Bonchev–Trinajstić information content (AvgIpc) is 2.86. The molecule has 18 heavy (non-hydrogen) atoms. The van der Waals surface area contributed by atoms with E-state index in [4.69, 9.17) is 4.74 Å². The zero-order chi connectivity index (χ0) is 13.2. The third-order valence-electron chi connectivity index (χ3n) is 2.96. The SMILES string of the molecule is CC(C)(C)OC(=O)N1CCC[C@@H]1Cn1cccn1. The highest BCUT2D eigenvalue weighted by atomic mass is 16.6. The molecule has 5 nitrogen and oxygen atoms in total. The number of carbonyl (C=O) groups is 1. The van der Waals surface area contributed by atoms with E-state index in [9.17, 15) is 4.79 Å². The second-order valence-electron chi connectivity index (χ2n) is 5.70. The molecule has 100 valence electrons. The lowest BCUT2D eigenvalue weighted by Crippen LogP contribution is -2.41. The van der Waals surface area contributed by atoms with Crippen molar-refractivity contribution in [3.05, 3.63) is 18.5 Å². The fourth-order valence-electron chi connectivity index (χ4n) is 2.21. The first-order valence-electron chi connectivity index (χ1n) is 6.43. The Labute approximate surface area is 108 Å². The number of rotatable bonds is 2. The van der Waals surface area contributed by atoms with Gasteiger partial charge in [-0.2, -0.15) is 5.10 Å². The van der Waals surface area contributed by atoms with Crippen LogP contribution in [0.5, 0.6) is 0 Å². The maximum absolute atomic E-state index is 12.1. The molecule has 0 radical (unpaired) electrons. The Bertz CT molecular complexity index is 395. The van der Waals surface area contributed by atoms with E-state index in [1.807, 2.05) is 42.6 Å². The first-order valence-corrected chi connectivity index (χ1v) is 6.43. The third kappa shape index (κ3) is 3.24. The Morgan fingerprint density at radius 1 is 1.50 bits per heavy atom. The molecule has 1 amide bonds. The van der Waals surface area contributed by atoms with E-state index in [0.717, 1.165) is 25.9 Å². The van der Waals surface area contributed by atoms with Gasteiger partial charge in [-0.15, -0.1) is 0 Å². The Kier molecular flexibility index (Phi) is 3.59. The summed E-state index contributed by atoms with van der Waals surface area (Å²) in [6, 6.07) is 2.09. The quantitative estimate of drug-likeness (QED) is 0.810. The van der Waals surface area contributed by atoms with E-state index in [-0.39, 0.29) is 12.1 Å². The predicted molar refractivity (Wildman–Crippen MR) is 68.2 cm³/mol. The maximum Gasteiger partial charge on any atom is 0.410 e. The van der Waals surface area contributed by atoms with Crippen molar-refractivity contribution in [1.82, 2.24) is 14.7 Å². The summed E-state index contributed by atoms with van der Waals surface area (Å²) in [7, 11) is 0. The van der Waals surface area contributed by atoms with E-state index < -0.39 is 5.60 Å². The van der Waals surface area contributed by atoms with Crippen molar-refractivity contribution >= 4 is 6.09 Å². The highest BCUT2D eigenvalue weighted by Gasteiger charge is 2.32. The van der Waals surface area contributed by atoms with Gasteiger partial charge < -0.3 is 9.64 Å². The summed E-state index contributed by atoms with van der Waals surface area (Å²) in [5.74, 6) is 0. The molecule has 0 spiro atoms. The summed E-state index contributed by atoms with van der Waals surface area (Å²) in [6.07, 6.45) is 5.51. The fraction of sp³-hybridized carbons (Fsp3) is 0.692. The summed E-state index contributed by atoms with van der Waals surface area (Å²) >= 11 is 0. The molecule has 2 heterocycles. The number of aromatic nitrogens is 2. The van der Waals surface area contributed by atoms with Gasteiger partial charge in [-0.05, 0) is 39.7 Å². The second kappa shape index (κ2) is 5.00. The van der Waals surface area contributed by atoms with Gasteiger partial charge in [0.05, 0.1) is 12.6 Å². The van der Waals surface area contributed by atoms with Gasteiger partial charge in [-0.25, -0.2) is 4.79 Å². The van der Waals surface area contributed by atoms with Gasteiger partial charge in [0.25, 0.3) is 0 Å². The lowest BCUT2D eigenvalue weighted by Gasteiger charge is -2.28. The Hall–Kier alpha value is -1.52. The first-order chi connectivity index (χ1) is 8.46. The van der Waals surface area contributed by atoms with Crippen molar-refractivity contribution in [3.63, 3.8) is 0 Å². The lowest BCUT2D eigenvalue weighted by atomic mass is 10.2. The van der Waals surface area contributed by atoms with E-state index in [1.165, 1.54) is 0 Å². The molecular formula is C13H21N3O2. The number of hydrogen-bond donors (Lipinski definition) is 0. The Morgan fingerprint density at radius 2 is 2.28 bits per heavy atom. The van der Waals surface area contributed by atoms with Gasteiger partial charge in [0.15, 0.2) is 0 Å². The number of carbonyl (C=O) groups excluding carboxylic acids is 1. The number of likely N-dealkylation sites (tertiary alicyclic amines) is 1. The normalized spacial score (nSPS) is 20.2. The summed E-state index contributed by atoms with van der Waals surface area (Å²) in [5.41, 5.74) is -0.435. The van der Waals surface area contributed by atoms with Crippen LogP contribution in [0.1, 0.15) is 33.6 Å². The largest absolute Gasteiger partial charge is 0.444 e. The molecule has 1 aromatic heterocycles. The highest BCUT2D eigenvalue weighted by Crippen LogP contribution is 2.21. The molecule has 2 rings (SSSR count). The lowest BCUT2D eigenvalue weighted by molar-refractivity contribution is 0.0211. The van der Waals surface area contributed by atoms with E-state index in [2.05, 4.69) is 5.10 Å². The Morgan fingerprint density at radius 3 is 2.89 bits per heavy atom. The minimum Gasteiger partial charge on any atom is -0.444 e. The van der Waals surface area contributed by atoms with E-state index in [0.29, 0.717) is 0 Å². The molecule has 1 fully saturated rings. The minimum absolute atomic E-state index is 0.194. The molecule has 0 saturated carbocycles. The number of amides is 1. The number of nitrogens with zero attached hydrogens (tertiary/aromatic N) is 3. The Balaban J connectivity index is 1.97. The molecule has 0 aromatic carbocycles. The monoisotopic (exact) mass is 251 g/mol. The molecule has 5 heteroatoms. The molecule has 1 aliphatic heterocycles. The smallest absolute Gasteiger partial charge is 0.410 e. The van der Waals surface area contributed by atoms with Crippen molar-refractivity contribution in [2.75, 3.05) is 6.54 Å². The molecule has 1 atom stereocenters. The van der Waals surface area contributed by atoms with Gasteiger partial charge in [-0.3, -0.25) is 4.68 Å². The maximum atomic E-state index is 12.1. The third-order valence-corrected chi connectivity index (χ3v) is 2.96. The van der Waals surface area contributed by atoms with Gasteiger partial charge in [0, 0.05) is 18.9 Å². The first kappa shape index (κ1) is 12.9. The number of hydrogen-bond acceptors (Lipinski definition) is 3. The summed E-state index contributed by atoms with van der Waals surface area (Å²) in [6.45, 7) is 7.20. The average molecular weight is 251 g/mol. The number of ether oxygens (including phenoxy) is 1. The van der Waals surface area contributed by atoms with Gasteiger partial charge in [0.2, 0.25) is 0 Å². The highest BCUT2D eigenvalue weighted by molar-refractivity contribution is 5.68. The van der Waals surface area contributed by atoms with Crippen LogP contribution >= 0.6 is 0 Å². The van der Waals surface area contributed by atoms with Gasteiger partial charge in [0.1, 0.15) is 5.60 Å². The topological polar surface area (TPSA) is 47.4 Å². The molecule has 1 aliphatic rings. The fourth-order valence-corrected chi connectivity index (χ4v) is 2.21. The van der Waals surface area contributed by atoms with Crippen LogP contribution in [0.15, 0.2) is 18.5 Å².